The molecule has 1 aliphatic carbocycles. The summed E-state index contributed by atoms with van der Waals surface area (Å²) in [6, 6.07) is 7.73. The van der Waals surface area contributed by atoms with Crippen LogP contribution in [0.25, 0.3) is 0 Å². The highest BCUT2D eigenvalue weighted by molar-refractivity contribution is 5.88. The second-order valence-electron chi connectivity index (χ2n) is 4.37. The molecule has 0 aromatic heterocycles. The minimum Gasteiger partial charge on any atom is -0.494 e. The van der Waals surface area contributed by atoms with Crippen molar-refractivity contribution in [2.75, 3.05) is 6.61 Å². The largest absolute Gasteiger partial charge is 0.494 e. The van der Waals surface area contributed by atoms with E-state index in [0.717, 1.165) is 30.6 Å². The van der Waals surface area contributed by atoms with Crippen LogP contribution in [0.2, 0.25) is 0 Å². The lowest BCUT2D eigenvalue weighted by Gasteiger charge is -2.40. The van der Waals surface area contributed by atoms with Crippen LogP contribution in [0.5, 0.6) is 5.75 Å². The number of nitrogens with one attached hydrogen (secondary N) is 1. The highest BCUT2D eigenvalue weighted by Gasteiger charge is 2.45. The average molecular weight is 234 g/mol. The molecule has 0 unspecified atom stereocenters. The summed E-state index contributed by atoms with van der Waals surface area (Å²) in [5, 5.41) is 0. The Morgan fingerprint density at radius 3 is 2.47 bits per heavy atom. The van der Waals surface area contributed by atoms with Crippen LogP contribution < -0.4 is 16.0 Å². The number of hydrazine groups is 1. The smallest absolute Gasteiger partial charge is 0.244 e. The van der Waals surface area contributed by atoms with Gasteiger partial charge in [0.05, 0.1) is 12.0 Å². The molecule has 0 saturated heterocycles. The molecule has 1 aromatic rings. The maximum atomic E-state index is 11.9. The monoisotopic (exact) mass is 234 g/mol. The molecule has 0 radical (unpaired) electrons. The molecule has 2 rings (SSSR count). The van der Waals surface area contributed by atoms with Gasteiger partial charge in [-0.3, -0.25) is 10.2 Å². The molecule has 4 heteroatoms. The highest BCUT2D eigenvalue weighted by atomic mass is 16.5. The third-order valence-corrected chi connectivity index (χ3v) is 3.49. The molecule has 0 atom stereocenters. The van der Waals surface area contributed by atoms with E-state index in [2.05, 4.69) is 5.43 Å². The van der Waals surface area contributed by atoms with Crippen molar-refractivity contribution in [3.63, 3.8) is 0 Å². The maximum Gasteiger partial charge on any atom is 0.244 e. The van der Waals surface area contributed by atoms with Crippen LogP contribution in [0.15, 0.2) is 24.3 Å². The number of hydrogen-bond donors (Lipinski definition) is 2. The van der Waals surface area contributed by atoms with Crippen molar-refractivity contribution >= 4 is 5.91 Å². The van der Waals surface area contributed by atoms with E-state index in [1.54, 1.807) is 0 Å². The van der Waals surface area contributed by atoms with E-state index in [9.17, 15) is 4.79 Å². The van der Waals surface area contributed by atoms with Crippen LogP contribution in [0.3, 0.4) is 0 Å². The van der Waals surface area contributed by atoms with Crippen molar-refractivity contribution < 1.29 is 9.53 Å². The first-order chi connectivity index (χ1) is 8.23. The van der Waals surface area contributed by atoms with Crippen LogP contribution in [0.1, 0.15) is 31.7 Å². The van der Waals surface area contributed by atoms with Gasteiger partial charge in [-0.2, -0.15) is 0 Å². The van der Waals surface area contributed by atoms with E-state index < -0.39 is 5.41 Å². The molecule has 3 N–H and O–H groups in total. The molecule has 1 amide bonds. The average Bonchev–Trinajstić information content (AvgIpc) is 2.30. The first-order valence-corrected chi connectivity index (χ1v) is 5.97. The van der Waals surface area contributed by atoms with E-state index in [1.165, 1.54) is 0 Å². The Morgan fingerprint density at radius 2 is 2.06 bits per heavy atom. The first-order valence-electron chi connectivity index (χ1n) is 5.97. The van der Waals surface area contributed by atoms with Gasteiger partial charge in [-0.15, -0.1) is 0 Å². The molecule has 1 aliphatic rings. The summed E-state index contributed by atoms with van der Waals surface area (Å²) in [7, 11) is 0. The van der Waals surface area contributed by atoms with Gasteiger partial charge in [0.2, 0.25) is 5.91 Å². The molecular formula is C13H18N2O2. The fourth-order valence-electron chi connectivity index (χ4n) is 2.35. The Kier molecular flexibility index (Phi) is 3.33. The quantitative estimate of drug-likeness (QED) is 0.471. The van der Waals surface area contributed by atoms with Crippen LogP contribution in [0.4, 0.5) is 0 Å². The van der Waals surface area contributed by atoms with Crippen molar-refractivity contribution in [1.82, 2.24) is 5.43 Å². The van der Waals surface area contributed by atoms with Gasteiger partial charge in [0.1, 0.15) is 5.75 Å². The summed E-state index contributed by atoms with van der Waals surface area (Å²) >= 11 is 0. The molecule has 0 bridgehead atoms. The molecule has 17 heavy (non-hydrogen) atoms. The number of hydrogen-bond acceptors (Lipinski definition) is 3. The predicted molar refractivity (Wildman–Crippen MR) is 65.5 cm³/mol. The van der Waals surface area contributed by atoms with E-state index in [4.69, 9.17) is 10.6 Å². The van der Waals surface area contributed by atoms with Gasteiger partial charge in [0.15, 0.2) is 0 Å². The standard InChI is InChI=1S/C13H18N2O2/c1-2-17-11-6-4-10(5-7-11)13(8-3-9-13)12(16)15-14/h4-7H,2-3,8-9,14H2,1H3,(H,15,16). The summed E-state index contributed by atoms with van der Waals surface area (Å²) in [6.07, 6.45) is 2.80. The number of nitrogens with two attached hydrogens (primary N) is 1. The molecule has 0 heterocycles. The summed E-state index contributed by atoms with van der Waals surface area (Å²) in [4.78, 5) is 11.9. The maximum absolute atomic E-state index is 11.9. The lowest BCUT2D eigenvalue weighted by molar-refractivity contribution is -0.130. The molecular weight excluding hydrogens is 216 g/mol. The van der Waals surface area contributed by atoms with Crippen LogP contribution in [0, 0.1) is 0 Å². The third-order valence-electron chi connectivity index (χ3n) is 3.49. The summed E-state index contributed by atoms with van der Waals surface area (Å²) in [6.45, 7) is 2.59. The van der Waals surface area contributed by atoms with E-state index >= 15 is 0 Å². The van der Waals surface area contributed by atoms with Crippen LogP contribution in [-0.4, -0.2) is 12.5 Å². The molecule has 92 valence electrons. The predicted octanol–water partition coefficient (Wildman–Crippen LogP) is 1.50. The van der Waals surface area contributed by atoms with Crippen molar-refractivity contribution in [1.29, 1.82) is 0 Å². The Morgan fingerprint density at radius 1 is 1.41 bits per heavy atom. The number of carbonyl (C=O) groups excluding carboxylic acids is 1. The SMILES string of the molecule is CCOc1ccc(C2(C(=O)NN)CCC2)cc1. The zero-order valence-corrected chi connectivity index (χ0v) is 10.0. The fraction of sp³-hybridized carbons (Fsp3) is 0.462. The number of amides is 1. The lowest BCUT2D eigenvalue weighted by atomic mass is 9.64. The fourth-order valence-corrected chi connectivity index (χ4v) is 2.35. The topological polar surface area (TPSA) is 64.3 Å². The Bertz CT molecular complexity index is 396. The molecule has 4 nitrogen and oxygen atoms in total. The second-order valence-corrected chi connectivity index (χ2v) is 4.37. The van der Waals surface area contributed by atoms with Crippen LogP contribution in [-0.2, 0) is 10.2 Å². The molecule has 1 saturated carbocycles. The second kappa shape index (κ2) is 4.75. The molecule has 1 aromatic carbocycles. The minimum absolute atomic E-state index is 0.0899. The molecule has 0 spiro atoms. The summed E-state index contributed by atoms with van der Waals surface area (Å²) < 4.78 is 5.39. The van der Waals surface area contributed by atoms with Gasteiger partial charge < -0.3 is 4.74 Å². The lowest BCUT2D eigenvalue weighted by Crippen LogP contribution is -2.51. The minimum atomic E-state index is -0.417. The Hall–Kier alpha value is -1.55. The number of benzene rings is 1. The van der Waals surface area contributed by atoms with Gasteiger partial charge >= 0.3 is 0 Å². The zero-order chi connectivity index (χ0) is 12.3. The Balaban J connectivity index is 2.23. The highest BCUT2D eigenvalue weighted by Crippen LogP contribution is 2.44. The van der Waals surface area contributed by atoms with Gasteiger partial charge in [0.25, 0.3) is 0 Å². The van der Waals surface area contributed by atoms with Gasteiger partial charge in [-0.1, -0.05) is 18.6 Å². The van der Waals surface area contributed by atoms with Crippen molar-refractivity contribution in [3.8, 4) is 5.75 Å². The number of carbonyl (C=O) groups is 1. The van der Waals surface area contributed by atoms with Crippen molar-refractivity contribution in [3.05, 3.63) is 29.8 Å². The Labute approximate surface area is 101 Å². The molecule has 0 aliphatic heterocycles. The first kappa shape index (κ1) is 11.9. The third kappa shape index (κ3) is 2.00. The van der Waals surface area contributed by atoms with Crippen molar-refractivity contribution in [2.24, 2.45) is 5.84 Å². The van der Waals surface area contributed by atoms with E-state index in [1.807, 2.05) is 31.2 Å². The van der Waals surface area contributed by atoms with Gasteiger partial charge in [-0.05, 0) is 37.5 Å². The number of rotatable bonds is 4. The normalized spacial score (nSPS) is 17.1. The summed E-state index contributed by atoms with van der Waals surface area (Å²) in [5.41, 5.74) is 2.88. The van der Waals surface area contributed by atoms with E-state index in [0.29, 0.717) is 6.61 Å². The van der Waals surface area contributed by atoms with E-state index in [-0.39, 0.29) is 5.91 Å². The zero-order valence-electron chi connectivity index (χ0n) is 10.0. The summed E-state index contributed by atoms with van der Waals surface area (Å²) in [5.74, 6) is 6.00. The van der Waals surface area contributed by atoms with Gasteiger partial charge in [0, 0.05) is 0 Å². The van der Waals surface area contributed by atoms with Crippen LogP contribution >= 0.6 is 0 Å². The number of ether oxygens (including phenoxy) is 1. The van der Waals surface area contributed by atoms with Crippen molar-refractivity contribution in [2.45, 2.75) is 31.6 Å². The molecule has 1 fully saturated rings. The van der Waals surface area contributed by atoms with Gasteiger partial charge in [-0.25, -0.2) is 5.84 Å².